The molecule has 0 bridgehead atoms. The van der Waals surface area contributed by atoms with Gasteiger partial charge in [-0.25, -0.2) is 9.97 Å². The van der Waals surface area contributed by atoms with E-state index in [1.54, 1.807) is 0 Å². The minimum Gasteiger partial charge on any atom is -0.383 e. The van der Waals surface area contributed by atoms with Crippen molar-refractivity contribution in [3.8, 4) is 0 Å². The summed E-state index contributed by atoms with van der Waals surface area (Å²) in [6.45, 7) is 1.78. The van der Waals surface area contributed by atoms with Gasteiger partial charge >= 0.3 is 6.18 Å². The summed E-state index contributed by atoms with van der Waals surface area (Å²) in [4.78, 5) is 7.45. The van der Waals surface area contributed by atoms with Crippen molar-refractivity contribution in [2.45, 2.75) is 19.0 Å². The predicted molar refractivity (Wildman–Crippen MR) is 63.4 cm³/mol. The number of nitrogens with one attached hydrogen (secondary N) is 1. The quantitative estimate of drug-likeness (QED) is 0.866. The summed E-state index contributed by atoms with van der Waals surface area (Å²) in [6.07, 6.45) is -2.17. The molecule has 1 saturated heterocycles. The standard InChI is InChI=1S/C10H13F3N4.ClH/c11-10(12,13)7-5-16-8(17-9(7)14)3-6-1-2-15-4-6;/h5-6,15H,1-4H2,(H2,14,16,17);1H/t6-;/m0./s1. The maximum Gasteiger partial charge on any atom is 0.421 e. The highest BCUT2D eigenvalue weighted by molar-refractivity contribution is 5.85. The van der Waals surface area contributed by atoms with Gasteiger partial charge < -0.3 is 11.1 Å². The Balaban J connectivity index is 0.00000162. The normalized spacial score (nSPS) is 19.6. The fraction of sp³-hybridized carbons (Fsp3) is 0.600. The molecule has 0 amide bonds. The first-order chi connectivity index (χ1) is 7.97. The summed E-state index contributed by atoms with van der Waals surface area (Å²) in [6, 6.07) is 0. The number of nitrogen functional groups attached to an aromatic ring is 1. The van der Waals surface area contributed by atoms with E-state index >= 15 is 0 Å². The van der Waals surface area contributed by atoms with Crippen molar-refractivity contribution >= 4 is 18.2 Å². The number of hydrogen-bond acceptors (Lipinski definition) is 4. The molecule has 2 rings (SSSR count). The highest BCUT2D eigenvalue weighted by atomic mass is 35.5. The number of nitrogens with two attached hydrogens (primary N) is 1. The van der Waals surface area contributed by atoms with Gasteiger partial charge in [0.25, 0.3) is 0 Å². The van der Waals surface area contributed by atoms with Gasteiger partial charge in [0.2, 0.25) is 0 Å². The number of aromatic nitrogens is 2. The third-order valence-corrected chi connectivity index (χ3v) is 2.81. The Morgan fingerprint density at radius 2 is 2.17 bits per heavy atom. The molecule has 1 aromatic heterocycles. The molecule has 0 saturated carbocycles. The topological polar surface area (TPSA) is 63.8 Å². The minimum atomic E-state index is -4.49. The monoisotopic (exact) mass is 282 g/mol. The molecule has 4 nitrogen and oxygen atoms in total. The Hall–Kier alpha value is -1.08. The summed E-state index contributed by atoms with van der Waals surface area (Å²) in [5, 5.41) is 3.18. The van der Waals surface area contributed by atoms with Crippen molar-refractivity contribution in [1.29, 1.82) is 0 Å². The molecule has 3 N–H and O–H groups in total. The van der Waals surface area contributed by atoms with Crippen LogP contribution in [-0.4, -0.2) is 23.1 Å². The lowest BCUT2D eigenvalue weighted by Gasteiger charge is -2.11. The summed E-state index contributed by atoms with van der Waals surface area (Å²) in [5.41, 5.74) is 4.33. The first-order valence-electron chi connectivity index (χ1n) is 5.36. The van der Waals surface area contributed by atoms with E-state index in [2.05, 4.69) is 15.3 Å². The van der Waals surface area contributed by atoms with Crippen molar-refractivity contribution in [3.63, 3.8) is 0 Å². The van der Waals surface area contributed by atoms with E-state index in [1.807, 2.05) is 0 Å². The molecular formula is C10H14ClF3N4. The Bertz CT molecular complexity index is 405. The van der Waals surface area contributed by atoms with Crippen LogP contribution in [0.25, 0.3) is 0 Å². The van der Waals surface area contributed by atoms with E-state index in [9.17, 15) is 13.2 Å². The van der Waals surface area contributed by atoms with Crippen molar-refractivity contribution in [1.82, 2.24) is 15.3 Å². The zero-order valence-electron chi connectivity index (χ0n) is 9.50. The second-order valence-electron chi connectivity index (χ2n) is 4.15. The Labute approximate surface area is 109 Å². The van der Waals surface area contributed by atoms with Gasteiger partial charge in [-0.05, 0) is 25.4 Å². The van der Waals surface area contributed by atoms with Gasteiger partial charge in [-0.2, -0.15) is 13.2 Å². The SMILES string of the molecule is Cl.Nc1nc(C[C@@H]2CCNC2)ncc1C(F)(F)F. The molecule has 0 spiro atoms. The molecule has 8 heteroatoms. The third kappa shape index (κ3) is 3.46. The zero-order valence-corrected chi connectivity index (χ0v) is 10.3. The van der Waals surface area contributed by atoms with Crippen LogP contribution in [0.4, 0.5) is 19.0 Å². The summed E-state index contributed by atoms with van der Waals surface area (Å²) >= 11 is 0. The average Bonchev–Trinajstić information content (AvgIpc) is 2.68. The van der Waals surface area contributed by atoms with E-state index in [0.29, 0.717) is 18.2 Å². The van der Waals surface area contributed by atoms with E-state index in [1.165, 1.54) is 0 Å². The second kappa shape index (κ2) is 5.71. The van der Waals surface area contributed by atoms with Crippen molar-refractivity contribution in [2.24, 2.45) is 5.92 Å². The number of nitrogens with zero attached hydrogens (tertiary/aromatic N) is 2. The minimum absolute atomic E-state index is 0. The van der Waals surface area contributed by atoms with Crippen LogP contribution in [0.2, 0.25) is 0 Å². The lowest BCUT2D eigenvalue weighted by molar-refractivity contribution is -0.137. The molecule has 1 atom stereocenters. The Morgan fingerprint density at radius 3 is 2.67 bits per heavy atom. The lowest BCUT2D eigenvalue weighted by atomic mass is 10.0. The number of hydrogen-bond donors (Lipinski definition) is 2. The van der Waals surface area contributed by atoms with E-state index in [0.717, 1.165) is 25.7 Å². The Morgan fingerprint density at radius 1 is 1.44 bits per heavy atom. The largest absolute Gasteiger partial charge is 0.421 e. The van der Waals surface area contributed by atoms with E-state index < -0.39 is 17.6 Å². The van der Waals surface area contributed by atoms with Crippen LogP contribution < -0.4 is 11.1 Å². The van der Waals surface area contributed by atoms with Gasteiger partial charge in [0, 0.05) is 12.6 Å². The molecule has 1 aliphatic heterocycles. The molecule has 0 radical (unpaired) electrons. The molecular weight excluding hydrogens is 269 g/mol. The maximum atomic E-state index is 12.4. The van der Waals surface area contributed by atoms with E-state index in [-0.39, 0.29) is 12.4 Å². The average molecular weight is 283 g/mol. The van der Waals surface area contributed by atoms with Gasteiger partial charge in [0.1, 0.15) is 17.2 Å². The van der Waals surface area contributed by atoms with Crippen LogP contribution in [-0.2, 0) is 12.6 Å². The van der Waals surface area contributed by atoms with Gasteiger partial charge in [0.05, 0.1) is 0 Å². The van der Waals surface area contributed by atoms with Crippen LogP contribution >= 0.6 is 12.4 Å². The predicted octanol–water partition coefficient (Wildman–Crippen LogP) is 1.65. The molecule has 1 aromatic rings. The molecule has 1 aliphatic rings. The summed E-state index contributed by atoms with van der Waals surface area (Å²) < 4.78 is 37.2. The molecule has 18 heavy (non-hydrogen) atoms. The van der Waals surface area contributed by atoms with Crippen LogP contribution in [0.5, 0.6) is 0 Å². The van der Waals surface area contributed by atoms with Crippen LogP contribution in [0.1, 0.15) is 17.8 Å². The molecule has 102 valence electrons. The van der Waals surface area contributed by atoms with Gasteiger partial charge in [-0.3, -0.25) is 0 Å². The number of rotatable bonds is 2. The fourth-order valence-electron chi connectivity index (χ4n) is 1.90. The van der Waals surface area contributed by atoms with Crippen molar-refractivity contribution in [2.75, 3.05) is 18.8 Å². The highest BCUT2D eigenvalue weighted by Gasteiger charge is 2.34. The van der Waals surface area contributed by atoms with Gasteiger partial charge in [-0.15, -0.1) is 12.4 Å². The van der Waals surface area contributed by atoms with Crippen LogP contribution in [0, 0.1) is 5.92 Å². The summed E-state index contributed by atoms with van der Waals surface area (Å²) in [7, 11) is 0. The number of halogens is 4. The van der Waals surface area contributed by atoms with Crippen LogP contribution in [0.15, 0.2) is 6.20 Å². The number of alkyl halides is 3. The summed E-state index contributed by atoms with van der Waals surface area (Å²) in [5.74, 6) is 0.267. The fourth-order valence-corrected chi connectivity index (χ4v) is 1.90. The Kier molecular flexibility index (Phi) is 4.75. The van der Waals surface area contributed by atoms with E-state index in [4.69, 9.17) is 5.73 Å². The van der Waals surface area contributed by atoms with Crippen molar-refractivity contribution in [3.05, 3.63) is 17.6 Å². The second-order valence-corrected chi connectivity index (χ2v) is 4.15. The molecule has 0 unspecified atom stereocenters. The molecule has 2 heterocycles. The lowest BCUT2D eigenvalue weighted by Crippen LogP contribution is -2.15. The van der Waals surface area contributed by atoms with Gasteiger partial charge in [0.15, 0.2) is 0 Å². The third-order valence-electron chi connectivity index (χ3n) is 2.81. The first-order valence-corrected chi connectivity index (χ1v) is 5.36. The highest BCUT2D eigenvalue weighted by Crippen LogP contribution is 2.32. The molecule has 0 aliphatic carbocycles. The van der Waals surface area contributed by atoms with Gasteiger partial charge in [-0.1, -0.05) is 0 Å². The van der Waals surface area contributed by atoms with Crippen molar-refractivity contribution < 1.29 is 13.2 Å². The smallest absolute Gasteiger partial charge is 0.383 e. The zero-order chi connectivity index (χ0) is 12.5. The molecule has 1 fully saturated rings. The first kappa shape index (κ1) is 15.0. The number of anilines is 1. The molecule has 0 aromatic carbocycles. The maximum absolute atomic E-state index is 12.4. The van der Waals surface area contributed by atoms with Crippen LogP contribution in [0.3, 0.4) is 0 Å².